The summed E-state index contributed by atoms with van der Waals surface area (Å²) in [6.07, 6.45) is 3.20. The number of β-amino-alcohol motifs (C(OH)–C–C–N with tert-alkyl or cyclic N) is 1. The second-order valence-corrected chi connectivity index (χ2v) is 11.3. The van der Waals surface area contributed by atoms with Crippen LogP contribution >= 0.6 is 11.3 Å². The van der Waals surface area contributed by atoms with Crippen molar-refractivity contribution < 1.29 is 14.7 Å². The van der Waals surface area contributed by atoms with Gasteiger partial charge in [0.1, 0.15) is 5.84 Å². The van der Waals surface area contributed by atoms with Crippen molar-refractivity contribution in [3.63, 3.8) is 0 Å². The van der Waals surface area contributed by atoms with E-state index in [0.717, 1.165) is 27.3 Å². The van der Waals surface area contributed by atoms with Crippen LogP contribution in [0.2, 0.25) is 0 Å². The third kappa shape index (κ3) is 4.48. The largest absolute Gasteiger partial charge is 0.391 e. The summed E-state index contributed by atoms with van der Waals surface area (Å²) in [5.41, 5.74) is 4.31. The fourth-order valence-electron chi connectivity index (χ4n) is 5.34. The Morgan fingerprint density at radius 3 is 2.59 bits per heavy atom. The van der Waals surface area contributed by atoms with Crippen molar-refractivity contribution in [2.24, 2.45) is 18.0 Å². The summed E-state index contributed by atoms with van der Waals surface area (Å²) in [6, 6.07) is 7.30. The highest BCUT2D eigenvalue weighted by Gasteiger charge is 2.48. The number of hydrogen-bond donors (Lipinski definition) is 2. The lowest BCUT2D eigenvalue weighted by molar-refractivity contribution is -0.134. The first-order valence-corrected chi connectivity index (χ1v) is 13.4. The van der Waals surface area contributed by atoms with Gasteiger partial charge in [-0.05, 0) is 30.9 Å². The number of carbonyl (C=O) groups is 2. The number of aromatic nitrogens is 3. The number of rotatable bonds is 6. The highest BCUT2D eigenvalue weighted by molar-refractivity contribution is 7.13. The van der Waals surface area contributed by atoms with Crippen LogP contribution in [0.4, 0.5) is 0 Å². The Labute approximate surface area is 220 Å². The summed E-state index contributed by atoms with van der Waals surface area (Å²) in [6.45, 7) is 7.96. The molecule has 2 amide bonds. The summed E-state index contributed by atoms with van der Waals surface area (Å²) in [5.74, 6) is -0.298. The lowest BCUT2D eigenvalue weighted by Crippen LogP contribution is -2.48. The van der Waals surface area contributed by atoms with E-state index >= 15 is 0 Å². The molecule has 2 aromatic heterocycles. The van der Waals surface area contributed by atoms with Crippen molar-refractivity contribution >= 4 is 29.0 Å². The Bertz CT molecular complexity index is 1360. The molecule has 1 fully saturated rings. The summed E-state index contributed by atoms with van der Waals surface area (Å²) in [4.78, 5) is 39.0. The van der Waals surface area contributed by atoms with Gasteiger partial charge in [-0.15, -0.1) is 11.3 Å². The van der Waals surface area contributed by atoms with E-state index in [2.05, 4.69) is 15.4 Å². The maximum Gasteiger partial charge on any atom is 0.257 e. The molecule has 37 heavy (non-hydrogen) atoms. The van der Waals surface area contributed by atoms with Crippen LogP contribution in [0.15, 0.2) is 47.2 Å². The van der Waals surface area contributed by atoms with E-state index in [-0.39, 0.29) is 24.3 Å². The van der Waals surface area contributed by atoms with Crippen LogP contribution in [0.1, 0.15) is 49.9 Å². The van der Waals surface area contributed by atoms with Crippen molar-refractivity contribution in [1.29, 1.82) is 0 Å². The normalized spacial score (nSPS) is 24.5. The summed E-state index contributed by atoms with van der Waals surface area (Å²) < 4.78 is 1.68. The lowest BCUT2D eigenvalue weighted by atomic mass is 9.89. The molecule has 4 heterocycles. The number of likely N-dealkylation sites (tertiary alicyclic amines) is 1. The second-order valence-electron chi connectivity index (χ2n) is 10.4. The predicted molar refractivity (Wildman–Crippen MR) is 142 cm³/mol. The minimum absolute atomic E-state index is 0.0289. The number of nitrogens with zero attached hydrogens (tertiary/aromatic N) is 5. The lowest BCUT2D eigenvalue weighted by Gasteiger charge is -2.30. The van der Waals surface area contributed by atoms with Gasteiger partial charge in [0.15, 0.2) is 5.54 Å². The highest BCUT2D eigenvalue weighted by atomic mass is 32.1. The van der Waals surface area contributed by atoms with Gasteiger partial charge in [-0.25, -0.2) is 9.98 Å². The minimum atomic E-state index is -1.13. The zero-order valence-corrected chi connectivity index (χ0v) is 22.5. The van der Waals surface area contributed by atoms with Gasteiger partial charge in [0.25, 0.3) is 5.91 Å². The number of nitrogens with one attached hydrogen (secondary N) is 1. The molecule has 0 radical (unpaired) electrons. The van der Waals surface area contributed by atoms with Crippen molar-refractivity contribution in [2.45, 2.75) is 57.7 Å². The standard InChI is InChI=1S/C27H32N6O3S/c1-15(2)22(18-11-29-32(5)12-18)25(35)33-13-20(34)10-21(33)24-30-26(36)27(4,31-24)19-8-6-17(7-9-19)23-16(3)28-14-37-23/h6-9,11-12,14-15,20-22,34H,10,13H2,1-5H3,(H,30,31,36)/t20-,21+,22-,27+/m1/s1. The zero-order valence-electron chi connectivity index (χ0n) is 21.7. The van der Waals surface area contributed by atoms with Crippen LogP contribution in [0.25, 0.3) is 10.4 Å². The van der Waals surface area contributed by atoms with Gasteiger partial charge in [0.2, 0.25) is 5.91 Å². The first-order chi connectivity index (χ1) is 17.6. The highest BCUT2D eigenvalue weighted by Crippen LogP contribution is 2.36. The first-order valence-electron chi connectivity index (χ1n) is 12.5. The number of hydrogen-bond acceptors (Lipinski definition) is 7. The predicted octanol–water partition coefficient (Wildman–Crippen LogP) is 3.00. The van der Waals surface area contributed by atoms with Gasteiger partial charge in [-0.3, -0.25) is 14.3 Å². The van der Waals surface area contributed by atoms with E-state index in [1.165, 1.54) is 0 Å². The molecule has 2 N–H and O–H groups in total. The smallest absolute Gasteiger partial charge is 0.257 e. The Morgan fingerprint density at radius 1 is 1.27 bits per heavy atom. The molecule has 0 bridgehead atoms. The molecule has 10 heteroatoms. The van der Waals surface area contributed by atoms with E-state index in [9.17, 15) is 14.7 Å². The van der Waals surface area contributed by atoms with Crippen LogP contribution in [-0.4, -0.2) is 61.1 Å². The zero-order chi connectivity index (χ0) is 26.5. The van der Waals surface area contributed by atoms with Crippen molar-refractivity contribution in [1.82, 2.24) is 25.0 Å². The Kier molecular flexibility index (Phi) is 6.49. The summed E-state index contributed by atoms with van der Waals surface area (Å²) in [5, 5.41) is 17.7. The quantitative estimate of drug-likeness (QED) is 0.519. The third-order valence-corrected chi connectivity index (χ3v) is 8.35. The van der Waals surface area contributed by atoms with Gasteiger partial charge in [0.05, 0.1) is 40.3 Å². The molecule has 4 atom stereocenters. The number of amidine groups is 1. The number of aliphatic imine (C=N–C) groups is 1. The number of aryl methyl sites for hydroxylation is 2. The molecule has 1 aromatic carbocycles. The van der Waals surface area contributed by atoms with Crippen LogP contribution in [-0.2, 0) is 22.2 Å². The van der Waals surface area contributed by atoms with E-state index in [4.69, 9.17) is 4.99 Å². The topological polar surface area (TPSA) is 113 Å². The molecule has 0 aliphatic carbocycles. The molecule has 194 valence electrons. The second kappa shape index (κ2) is 9.50. The van der Waals surface area contributed by atoms with Gasteiger partial charge in [0, 0.05) is 31.8 Å². The van der Waals surface area contributed by atoms with Crippen LogP contribution in [0.3, 0.4) is 0 Å². The van der Waals surface area contributed by atoms with Crippen LogP contribution in [0, 0.1) is 12.8 Å². The van der Waals surface area contributed by atoms with Crippen molar-refractivity contribution in [3.8, 4) is 10.4 Å². The molecule has 5 rings (SSSR count). The van der Waals surface area contributed by atoms with Gasteiger partial charge in [-0.2, -0.15) is 5.10 Å². The third-order valence-electron chi connectivity index (χ3n) is 7.38. The van der Waals surface area contributed by atoms with E-state index < -0.39 is 23.6 Å². The molecular formula is C27H32N6O3S. The minimum Gasteiger partial charge on any atom is -0.391 e. The number of aliphatic hydroxyl groups excluding tert-OH is 1. The van der Waals surface area contributed by atoms with Crippen molar-refractivity contribution in [3.05, 3.63) is 59.0 Å². The number of benzene rings is 1. The fourth-order valence-corrected chi connectivity index (χ4v) is 6.16. The van der Waals surface area contributed by atoms with Crippen molar-refractivity contribution in [2.75, 3.05) is 6.54 Å². The average molecular weight is 521 g/mol. The molecule has 3 aromatic rings. The molecule has 0 unspecified atom stereocenters. The van der Waals surface area contributed by atoms with E-state index in [0.29, 0.717) is 12.3 Å². The average Bonchev–Trinajstić information content (AvgIpc) is 3.62. The molecule has 2 aliphatic heterocycles. The number of amides is 2. The van der Waals surface area contributed by atoms with E-state index in [1.54, 1.807) is 34.0 Å². The Morgan fingerprint density at radius 2 is 2.00 bits per heavy atom. The SMILES string of the molecule is Cc1ncsc1-c1ccc([C@]2(C)N=C([C@@H]3C[C@@H](O)CN3C(=O)[C@@H](c3cnn(C)c3)C(C)C)NC2=O)cc1. The Balaban J connectivity index is 1.43. The fraction of sp³-hybridized carbons (Fsp3) is 0.444. The molecule has 0 saturated carbocycles. The number of aliphatic hydroxyl groups is 1. The monoisotopic (exact) mass is 520 g/mol. The van der Waals surface area contributed by atoms with Gasteiger partial charge < -0.3 is 15.3 Å². The summed E-state index contributed by atoms with van der Waals surface area (Å²) >= 11 is 1.58. The van der Waals surface area contributed by atoms with Crippen LogP contribution in [0.5, 0.6) is 0 Å². The van der Waals surface area contributed by atoms with Gasteiger partial charge >= 0.3 is 0 Å². The molecule has 2 aliphatic rings. The number of thiazole rings is 1. The maximum atomic E-state index is 13.8. The molecule has 9 nitrogen and oxygen atoms in total. The van der Waals surface area contributed by atoms with Crippen LogP contribution < -0.4 is 5.32 Å². The number of carbonyl (C=O) groups excluding carboxylic acids is 2. The van der Waals surface area contributed by atoms with E-state index in [1.807, 2.05) is 63.8 Å². The Hall–Kier alpha value is -3.37. The molecule has 0 spiro atoms. The first kappa shape index (κ1) is 25.3. The maximum absolute atomic E-state index is 13.8. The summed E-state index contributed by atoms with van der Waals surface area (Å²) in [7, 11) is 1.82. The van der Waals surface area contributed by atoms with Gasteiger partial charge in [-0.1, -0.05) is 38.1 Å². The molecule has 1 saturated heterocycles. The molecular weight excluding hydrogens is 488 g/mol.